The van der Waals surface area contributed by atoms with E-state index in [2.05, 4.69) is 67.2 Å². The van der Waals surface area contributed by atoms with Gasteiger partial charge in [0.25, 0.3) is 0 Å². The van der Waals surface area contributed by atoms with Gasteiger partial charge < -0.3 is 0 Å². The normalized spacial score (nSPS) is 16.4. The summed E-state index contributed by atoms with van der Waals surface area (Å²) in [7, 11) is 0. The molecule has 0 spiro atoms. The van der Waals surface area contributed by atoms with Crippen molar-refractivity contribution < 1.29 is 0 Å². The quantitative estimate of drug-likeness (QED) is 0.631. The molecule has 1 unspecified atom stereocenters. The van der Waals surface area contributed by atoms with E-state index < -0.39 is 0 Å². The van der Waals surface area contributed by atoms with Crippen molar-refractivity contribution in [3.8, 4) is 0 Å². The summed E-state index contributed by atoms with van der Waals surface area (Å²) in [6.07, 6.45) is 0. The second-order valence-electron chi connectivity index (χ2n) is 6.26. The van der Waals surface area contributed by atoms with Gasteiger partial charge in [-0.3, -0.25) is 0 Å². The minimum Gasteiger partial charge on any atom is -0.152 e. The molecule has 0 radical (unpaired) electrons. The molecule has 0 aromatic carbocycles. The third-order valence-electron chi connectivity index (χ3n) is 1.94. The van der Waals surface area contributed by atoms with E-state index in [0.29, 0.717) is 10.2 Å². The van der Waals surface area contributed by atoms with Crippen LogP contribution in [0.1, 0.15) is 55.4 Å². The second kappa shape index (κ2) is 4.25. The van der Waals surface area contributed by atoms with Crippen molar-refractivity contribution >= 4 is 11.8 Å². The first-order valence-corrected chi connectivity index (χ1v) is 6.10. The van der Waals surface area contributed by atoms with E-state index >= 15 is 0 Å². The molecule has 0 aliphatic carbocycles. The Hall–Kier alpha value is 0.350. The molecule has 0 nitrogen and oxygen atoms in total. The van der Waals surface area contributed by atoms with Crippen molar-refractivity contribution in [2.75, 3.05) is 0 Å². The summed E-state index contributed by atoms with van der Waals surface area (Å²) in [6, 6.07) is 0. The Labute approximate surface area is 88.9 Å². The van der Waals surface area contributed by atoms with Gasteiger partial charge in [-0.25, -0.2) is 0 Å². The Morgan fingerprint density at radius 2 is 1.23 bits per heavy atom. The molecule has 0 rings (SSSR count). The number of hydrogen-bond acceptors (Lipinski definition) is 1. The van der Waals surface area contributed by atoms with Crippen molar-refractivity contribution in [2.24, 2.45) is 11.3 Å². The van der Waals surface area contributed by atoms with Gasteiger partial charge in [0, 0.05) is 10.00 Å². The fourth-order valence-corrected chi connectivity index (χ4v) is 3.08. The minimum atomic E-state index is 0.377. The maximum absolute atomic E-state index is 2.34. The molecule has 1 heteroatoms. The predicted octanol–water partition coefficient (Wildman–Crippen LogP) is 4.59. The van der Waals surface area contributed by atoms with Crippen LogP contribution in [0.15, 0.2) is 0 Å². The van der Waals surface area contributed by atoms with Gasteiger partial charge in [0.2, 0.25) is 0 Å². The van der Waals surface area contributed by atoms with Gasteiger partial charge in [-0.05, 0) is 11.3 Å². The highest BCUT2D eigenvalue weighted by Gasteiger charge is 2.31. The highest BCUT2D eigenvalue weighted by molar-refractivity contribution is 8.01. The molecule has 0 bridgehead atoms. The molecule has 80 valence electrons. The molecule has 0 saturated carbocycles. The lowest BCUT2D eigenvalue weighted by Crippen LogP contribution is -2.32. The summed E-state index contributed by atoms with van der Waals surface area (Å²) in [5.41, 5.74) is 0.409. The molecule has 0 N–H and O–H groups in total. The summed E-state index contributed by atoms with van der Waals surface area (Å²) in [5, 5.41) is 0.743. The van der Waals surface area contributed by atoms with Gasteiger partial charge in [-0.15, -0.1) is 0 Å². The van der Waals surface area contributed by atoms with E-state index in [9.17, 15) is 0 Å². The van der Waals surface area contributed by atoms with E-state index in [1.807, 2.05) is 0 Å². The van der Waals surface area contributed by atoms with Crippen molar-refractivity contribution in [2.45, 2.75) is 65.4 Å². The van der Waals surface area contributed by atoms with Crippen LogP contribution in [-0.2, 0) is 0 Å². The molecule has 0 fully saturated rings. The molecule has 0 aromatic rings. The fraction of sp³-hybridized carbons (Fsp3) is 1.00. The molecule has 0 aromatic heterocycles. The van der Waals surface area contributed by atoms with Gasteiger partial charge in [0.1, 0.15) is 0 Å². The summed E-state index contributed by atoms with van der Waals surface area (Å²) >= 11 is 2.12. The topological polar surface area (TPSA) is 0 Å². The third-order valence-corrected chi connectivity index (χ3v) is 4.15. The van der Waals surface area contributed by atoms with Gasteiger partial charge in [0.05, 0.1) is 0 Å². The van der Waals surface area contributed by atoms with Crippen molar-refractivity contribution in [1.82, 2.24) is 0 Å². The Kier molecular flexibility index (Phi) is 4.36. The standard InChI is InChI=1S/C12H26S/c1-9(2)10(11(3,4)5)13-12(6,7)8/h9-10H,1-8H3. The largest absolute Gasteiger partial charge is 0.152 e. The van der Waals surface area contributed by atoms with Crippen molar-refractivity contribution in [3.05, 3.63) is 0 Å². The molecule has 13 heavy (non-hydrogen) atoms. The van der Waals surface area contributed by atoms with Crippen LogP contribution in [0.3, 0.4) is 0 Å². The zero-order chi connectivity index (χ0) is 10.9. The Morgan fingerprint density at radius 3 is 1.31 bits per heavy atom. The molecule has 1 atom stereocenters. The molecular formula is C12H26S. The monoisotopic (exact) mass is 202 g/mol. The van der Waals surface area contributed by atoms with Crippen LogP contribution in [0, 0.1) is 11.3 Å². The Balaban J connectivity index is 4.47. The maximum Gasteiger partial charge on any atom is 0.0124 e. The summed E-state index contributed by atoms with van der Waals surface area (Å²) in [6.45, 7) is 18.6. The third kappa shape index (κ3) is 5.61. The van der Waals surface area contributed by atoms with Crippen LogP contribution < -0.4 is 0 Å². The van der Waals surface area contributed by atoms with Crippen LogP contribution in [0.25, 0.3) is 0 Å². The summed E-state index contributed by atoms with van der Waals surface area (Å²) in [4.78, 5) is 0. The van der Waals surface area contributed by atoms with Crippen LogP contribution in [0.4, 0.5) is 0 Å². The number of rotatable bonds is 2. The molecule has 0 amide bonds. The van der Waals surface area contributed by atoms with Crippen LogP contribution in [-0.4, -0.2) is 10.00 Å². The first-order valence-electron chi connectivity index (χ1n) is 5.22. The van der Waals surface area contributed by atoms with Crippen LogP contribution >= 0.6 is 11.8 Å². The average Bonchev–Trinajstić information content (AvgIpc) is 1.77. The van der Waals surface area contributed by atoms with Crippen molar-refractivity contribution in [3.63, 3.8) is 0 Å². The molecular weight excluding hydrogens is 176 g/mol. The zero-order valence-electron chi connectivity index (χ0n) is 10.6. The highest BCUT2D eigenvalue weighted by Crippen LogP contribution is 2.41. The lowest BCUT2D eigenvalue weighted by Gasteiger charge is -2.37. The Morgan fingerprint density at radius 1 is 0.846 bits per heavy atom. The fourth-order valence-electron chi connectivity index (χ4n) is 1.69. The van der Waals surface area contributed by atoms with E-state index in [1.54, 1.807) is 0 Å². The lowest BCUT2D eigenvalue weighted by atomic mass is 9.85. The van der Waals surface area contributed by atoms with Crippen LogP contribution in [0.2, 0.25) is 0 Å². The first kappa shape index (κ1) is 13.4. The summed E-state index contributed by atoms with van der Waals surface area (Å²) in [5.74, 6) is 0.754. The molecule has 0 aliphatic rings. The van der Waals surface area contributed by atoms with Crippen LogP contribution in [0.5, 0.6) is 0 Å². The molecule has 0 heterocycles. The highest BCUT2D eigenvalue weighted by atomic mass is 32.2. The van der Waals surface area contributed by atoms with E-state index in [4.69, 9.17) is 0 Å². The average molecular weight is 202 g/mol. The number of thioether (sulfide) groups is 1. The van der Waals surface area contributed by atoms with E-state index in [-0.39, 0.29) is 0 Å². The smallest absolute Gasteiger partial charge is 0.0124 e. The van der Waals surface area contributed by atoms with Gasteiger partial charge in [0.15, 0.2) is 0 Å². The molecule has 0 aliphatic heterocycles. The SMILES string of the molecule is CC(C)C(SC(C)(C)C)C(C)(C)C. The first-order chi connectivity index (χ1) is 5.54. The van der Waals surface area contributed by atoms with Gasteiger partial charge in [-0.1, -0.05) is 55.4 Å². The van der Waals surface area contributed by atoms with E-state index in [0.717, 1.165) is 11.2 Å². The molecule has 0 saturated heterocycles. The minimum absolute atomic E-state index is 0.377. The predicted molar refractivity (Wildman–Crippen MR) is 65.4 cm³/mol. The lowest BCUT2D eigenvalue weighted by molar-refractivity contribution is 0.334. The second-order valence-corrected chi connectivity index (χ2v) is 8.23. The maximum atomic E-state index is 2.34. The zero-order valence-corrected chi connectivity index (χ0v) is 11.4. The number of hydrogen-bond donors (Lipinski definition) is 0. The van der Waals surface area contributed by atoms with Gasteiger partial charge >= 0.3 is 0 Å². The van der Waals surface area contributed by atoms with Gasteiger partial charge in [-0.2, -0.15) is 11.8 Å². The van der Waals surface area contributed by atoms with E-state index in [1.165, 1.54) is 0 Å². The summed E-state index contributed by atoms with van der Waals surface area (Å²) < 4.78 is 0.377. The Bertz CT molecular complexity index is 145. The van der Waals surface area contributed by atoms with Crippen molar-refractivity contribution in [1.29, 1.82) is 0 Å².